The van der Waals surface area contributed by atoms with Crippen LogP contribution in [0.15, 0.2) is 24.3 Å². The lowest BCUT2D eigenvalue weighted by atomic mass is 10.0. The van der Waals surface area contributed by atoms with E-state index in [0.29, 0.717) is 18.5 Å². The molecule has 0 fully saturated rings. The normalized spacial score (nSPS) is 12.6. The molecule has 0 saturated heterocycles. The van der Waals surface area contributed by atoms with Crippen molar-refractivity contribution in [3.63, 3.8) is 0 Å². The van der Waals surface area contributed by atoms with Gasteiger partial charge in [0.25, 0.3) is 0 Å². The second-order valence-electron chi connectivity index (χ2n) is 5.69. The highest BCUT2D eigenvalue weighted by atomic mass is 32.2. The number of carboxylic acid groups (broad SMARTS) is 1. The number of carbonyl (C=O) groups is 2. The molecule has 0 saturated carbocycles. The minimum absolute atomic E-state index is 0.0507. The summed E-state index contributed by atoms with van der Waals surface area (Å²) in [5.41, 5.74) is 0.790. The van der Waals surface area contributed by atoms with Gasteiger partial charge in [0.05, 0.1) is 11.3 Å². The van der Waals surface area contributed by atoms with Crippen molar-refractivity contribution in [2.75, 3.05) is 18.1 Å². The van der Waals surface area contributed by atoms with Crippen LogP contribution in [0, 0.1) is 0 Å². The van der Waals surface area contributed by atoms with Crippen molar-refractivity contribution in [2.45, 2.75) is 39.7 Å². The molecule has 7 heteroatoms. The molecule has 24 heavy (non-hydrogen) atoms. The van der Waals surface area contributed by atoms with Crippen molar-refractivity contribution in [3.8, 4) is 0 Å². The van der Waals surface area contributed by atoms with Gasteiger partial charge in [-0.25, -0.2) is 13.2 Å². The number of benzene rings is 1. The predicted octanol–water partition coefficient (Wildman–Crippen LogP) is 1.99. The van der Waals surface area contributed by atoms with Gasteiger partial charge in [-0.15, -0.1) is 0 Å². The summed E-state index contributed by atoms with van der Waals surface area (Å²) in [4.78, 5) is 25.2. The Balaban J connectivity index is 2.77. The summed E-state index contributed by atoms with van der Waals surface area (Å²) >= 11 is 0. The average molecular weight is 355 g/mol. The van der Waals surface area contributed by atoms with E-state index < -0.39 is 21.8 Å². The number of hydrogen-bond donors (Lipinski definition) is 1. The van der Waals surface area contributed by atoms with Crippen molar-refractivity contribution >= 4 is 21.7 Å². The maximum atomic E-state index is 12.4. The van der Waals surface area contributed by atoms with E-state index in [4.69, 9.17) is 5.11 Å². The van der Waals surface area contributed by atoms with Crippen LogP contribution in [0.2, 0.25) is 0 Å². The zero-order valence-corrected chi connectivity index (χ0v) is 15.2. The molecule has 1 atom stereocenters. The van der Waals surface area contributed by atoms with Crippen molar-refractivity contribution in [2.24, 2.45) is 0 Å². The summed E-state index contributed by atoms with van der Waals surface area (Å²) in [5, 5.41) is 9.17. The summed E-state index contributed by atoms with van der Waals surface area (Å²) < 4.78 is 23.5. The van der Waals surface area contributed by atoms with E-state index in [2.05, 4.69) is 0 Å². The molecule has 1 unspecified atom stereocenters. The monoisotopic (exact) mass is 355 g/mol. The number of rotatable bonds is 9. The van der Waals surface area contributed by atoms with Crippen LogP contribution < -0.4 is 0 Å². The molecule has 0 spiro atoms. The van der Waals surface area contributed by atoms with Crippen LogP contribution in [0.4, 0.5) is 0 Å². The third kappa shape index (κ3) is 5.63. The first-order chi connectivity index (χ1) is 11.2. The van der Waals surface area contributed by atoms with E-state index in [1.165, 1.54) is 11.0 Å². The van der Waals surface area contributed by atoms with Crippen LogP contribution in [-0.4, -0.2) is 54.4 Å². The molecule has 1 N–H and O–H groups in total. The molecule has 1 aromatic carbocycles. The largest absolute Gasteiger partial charge is 0.478 e. The molecule has 0 aromatic heterocycles. The number of aromatic carboxylic acids is 1. The molecule has 1 aromatic rings. The van der Waals surface area contributed by atoms with Crippen LogP contribution in [0.1, 0.15) is 43.1 Å². The first-order valence-corrected chi connectivity index (χ1v) is 9.85. The van der Waals surface area contributed by atoms with Gasteiger partial charge in [0, 0.05) is 24.8 Å². The van der Waals surface area contributed by atoms with Gasteiger partial charge in [-0.05, 0) is 31.9 Å². The van der Waals surface area contributed by atoms with Gasteiger partial charge >= 0.3 is 5.97 Å². The van der Waals surface area contributed by atoms with Gasteiger partial charge in [0.1, 0.15) is 0 Å². The summed E-state index contributed by atoms with van der Waals surface area (Å²) in [6, 6.07) is 6.18. The summed E-state index contributed by atoms with van der Waals surface area (Å²) in [5.74, 6) is -1.20. The Hall–Kier alpha value is -1.89. The minimum Gasteiger partial charge on any atom is -0.478 e. The van der Waals surface area contributed by atoms with Crippen molar-refractivity contribution in [3.05, 3.63) is 35.4 Å². The quantitative estimate of drug-likeness (QED) is 0.731. The highest BCUT2D eigenvalue weighted by Crippen LogP contribution is 2.13. The fourth-order valence-electron chi connectivity index (χ4n) is 2.64. The molecule has 0 radical (unpaired) electrons. The molecule has 0 heterocycles. The Kier molecular flexibility index (Phi) is 7.41. The molecule has 6 nitrogen and oxygen atoms in total. The van der Waals surface area contributed by atoms with E-state index in [9.17, 15) is 18.0 Å². The Morgan fingerprint density at radius 2 is 1.83 bits per heavy atom. The third-order valence-corrected chi connectivity index (χ3v) is 5.85. The average Bonchev–Trinajstić information content (AvgIpc) is 2.53. The van der Waals surface area contributed by atoms with E-state index in [1.807, 2.05) is 0 Å². The van der Waals surface area contributed by atoms with Crippen LogP contribution >= 0.6 is 0 Å². The summed E-state index contributed by atoms with van der Waals surface area (Å²) in [6.45, 7) is 5.53. The SMILES string of the molecule is CCN(C(=O)CCc1ccccc1C(=O)O)C(C)CS(=O)(=O)CC. The molecule has 0 aliphatic rings. The van der Waals surface area contributed by atoms with Gasteiger partial charge in [-0.1, -0.05) is 25.1 Å². The lowest BCUT2D eigenvalue weighted by Gasteiger charge is -2.28. The minimum atomic E-state index is -3.16. The number of amides is 1. The molecule has 134 valence electrons. The zero-order chi connectivity index (χ0) is 18.3. The van der Waals surface area contributed by atoms with Crippen molar-refractivity contribution < 1.29 is 23.1 Å². The molecule has 1 amide bonds. The Morgan fingerprint density at radius 3 is 2.38 bits per heavy atom. The number of carboxylic acids is 1. The Morgan fingerprint density at radius 1 is 1.21 bits per heavy atom. The fraction of sp³-hybridized carbons (Fsp3) is 0.529. The second-order valence-corrected chi connectivity index (χ2v) is 8.09. The van der Waals surface area contributed by atoms with E-state index in [0.717, 1.165) is 0 Å². The topological polar surface area (TPSA) is 91.8 Å². The molecular formula is C17H25NO5S. The van der Waals surface area contributed by atoms with E-state index in [1.54, 1.807) is 39.0 Å². The molecule has 1 rings (SSSR count). The van der Waals surface area contributed by atoms with Gasteiger partial charge in [0.15, 0.2) is 9.84 Å². The maximum Gasteiger partial charge on any atom is 0.335 e. The molecular weight excluding hydrogens is 330 g/mol. The van der Waals surface area contributed by atoms with Crippen LogP contribution in [0.3, 0.4) is 0 Å². The second kappa shape index (κ2) is 8.82. The number of carbonyl (C=O) groups excluding carboxylic acids is 1. The first-order valence-electron chi connectivity index (χ1n) is 8.02. The maximum absolute atomic E-state index is 12.4. The van der Waals surface area contributed by atoms with E-state index in [-0.39, 0.29) is 29.4 Å². The number of aryl methyl sites for hydroxylation is 1. The van der Waals surface area contributed by atoms with Crippen molar-refractivity contribution in [1.82, 2.24) is 4.90 Å². The lowest BCUT2D eigenvalue weighted by Crippen LogP contribution is -2.42. The first kappa shape index (κ1) is 20.2. The number of sulfone groups is 1. The molecule has 0 bridgehead atoms. The van der Waals surface area contributed by atoms with Crippen LogP contribution in [-0.2, 0) is 21.1 Å². The highest BCUT2D eigenvalue weighted by Gasteiger charge is 2.23. The Labute approximate surface area is 143 Å². The Bertz CT molecular complexity index is 684. The predicted molar refractivity (Wildman–Crippen MR) is 92.9 cm³/mol. The molecule has 0 aliphatic heterocycles. The van der Waals surface area contributed by atoms with Crippen LogP contribution in [0.25, 0.3) is 0 Å². The fourth-order valence-corrected chi connectivity index (χ4v) is 3.79. The van der Waals surface area contributed by atoms with Gasteiger partial charge in [-0.3, -0.25) is 4.79 Å². The van der Waals surface area contributed by atoms with Crippen molar-refractivity contribution in [1.29, 1.82) is 0 Å². The number of hydrogen-bond acceptors (Lipinski definition) is 4. The number of nitrogens with zero attached hydrogens (tertiary/aromatic N) is 1. The van der Waals surface area contributed by atoms with Crippen LogP contribution in [0.5, 0.6) is 0 Å². The van der Waals surface area contributed by atoms with E-state index >= 15 is 0 Å². The zero-order valence-electron chi connectivity index (χ0n) is 14.4. The summed E-state index contributed by atoms with van der Waals surface area (Å²) in [6.07, 6.45) is 0.458. The van der Waals surface area contributed by atoms with Gasteiger partial charge < -0.3 is 10.0 Å². The summed E-state index contributed by atoms with van der Waals surface area (Å²) in [7, 11) is -3.16. The smallest absolute Gasteiger partial charge is 0.335 e. The third-order valence-electron chi connectivity index (χ3n) is 3.98. The van der Waals surface area contributed by atoms with Gasteiger partial charge in [-0.2, -0.15) is 0 Å². The lowest BCUT2D eigenvalue weighted by molar-refractivity contribution is -0.132. The van der Waals surface area contributed by atoms with Gasteiger partial charge in [0.2, 0.25) is 5.91 Å². The highest BCUT2D eigenvalue weighted by molar-refractivity contribution is 7.91. The standard InChI is InChI=1S/C17H25NO5S/c1-4-18(13(3)12-24(22,23)5-2)16(19)11-10-14-8-6-7-9-15(14)17(20)21/h6-9,13H,4-5,10-12H2,1-3H3,(H,20,21). The molecule has 0 aliphatic carbocycles.